The minimum absolute atomic E-state index is 0.265. The molecule has 1 heterocycles. The van der Waals surface area contributed by atoms with Crippen molar-refractivity contribution in [1.82, 2.24) is 9.97 Å². The molecule has 1 aromatic carbocycles. The van der Waals surface area contributed by atoms with Crippen molar-refractivity contribution in [2.24, 2.45) is 0 Å². The molecule has 0 atom stereocenters. The molecule has 0 aliphatic carbocycles. The van der Waals surface area contributed by atoms with Crippen molar-refractivity contribution in [2.75, 3.05) is 12.4 Å². The van der Waals surface area contributed by atoms with Crippen molar-refractivity contribution in [3.63, 3.8) is 0 Å². The Bertz CT molecular complexity index is 614. The number of hydrogen-bond acceptors (Lipinski definition) is 4. The molecule has 2 rings (SSSR count). The van der Waals surface area contributed by atoms with E-state index in [0.29, 0.717) is 5.88 Å². The minimum atomic E-state index is 0.265. The number of nitrogens with zero attached hydrogens (tertiary/aromatic N) is 2. The molecular formula is C15H18BrN3O. The molecule has 0 bridgehead atoms. The number of benzene rings is 1. The number of rotatable bonds is 4. The van der Waals surface area contributed by atoms with Gasteiger partial charge < -0.3 is 10.1 Å². The van der Waals surface area contributed by atoms with Crippen LogP contribution in [-0.4, -0.2) is 17.0 Å². The van der Waals surface area contributed by atoms with Gasteiger partial charge in [0.2, 0.25) is 5.88 Å². The summed E-state index contributed by atoms with van der Waals surface area (Å²) >= 11 is 3.46. The Balaban J connectivity index is 2.45. The van der Waals surface area contributed by atoms with Gasteiger partial charge in [0.25, 0.3) is 0 Å². The Morgan fingerprint density at radius 3 is 2.65 bits per heavy atom. The van der Waals surface area contributed by atoms with Gasteiger partial charge in [-0.1, -0.05) is 35.8 Å². The van der Waals surface area contributed by atoms with Crippen LogP contribution in [0.25, 0.3) is 0 Å². The van der Waals surface area contributed by atoms with E-state index in [-0.39, 0.29) is 5.92 Å². The third-order valence-electron chi connectivity index (χ3n) is 3.02. The lowest BCUT2D eigenvalue weighted by Crippen LogP contribution is -2.05. The first-order chi connectivity index (χ1) is 9.52. The Kier molecular flexibility index (Phi) is 4.60. The largest absolute Gasteiger partial charge is 0.438 e. The first kappa shape index (κ1) is 14.8. The number of ether oxygens (including phenoxy) is 1. The van der Waals surface area contributed by atoms with Gasteiger partial charge in [-0.2, -0.15) is 0 Å². The van der Waals surface area contributed by atoms with Crippen LogP contribution >= 0.6 is 15.9 Å². The van der Waals surface area contributed by atoms with E-state index < -0.39 is 0 Å². The van der Waals surface area contributed by atoms with Crippen LogP contribution in [0.3, 0.4) is 0 Å². The summed E-state index contributed by atoms with van der Waals surface area (Å²) in [6.45, 7) is 6.21. The molecule has 0 saturated heterocycles. The van der Waals surface area contributed by atoms with E-state index in [9.17, 15) is 0 Å². The van der Waals surface area contributed by atoms with Crippen molar-refractivity contribution in [3.05, 3.63) is 40.1 Å². The second kappa shape index (κ2) is 6.22. The second-order valence-corrected chi connectivity index (χ2v) is 5.77. The predicted octanol–water partition coefficient (Wildman–Crippen LogP) is 4.50. The highest BCUT2D eigenvalue weighted by Gasteiger charge is 2.16. The summed E-state index contributed by atoms with van der Waals surface area (Å²) in [5.74, 6) is 2.46. The lowest BCUT2D eigenvalue weighted by molar-refractivity contribution is 0.448. The summed E-state index contributed by atoms with van der Waals surface area (Å²) in [6.07, 6.45) is 1.51. The van der Waals surface area contributed by atoms with Crippen LogP contribution in [0.15, 0.2) is 29.0 Å². The van der Waals surface area contributed by atoms with Crippen LogP contribution in [0.1, 0.15) is 30.9 Å². The monoisotopic (exact) mass is 335 g/mol. The number of aryl methyl sites for hydroxylation is 1. The summed E-state index contributed by atoms with van der Waals surface area (Å²) in [5.41, 5.74) is 2.04. The highest BCUT2D eigenvalue weighted by atomic mass is 79.9. The van der Waals surface area contributed by atoms with Gasteiger partial charge in [0.1, 0.15) is 17.9 Å². The zero-order valence-electron chi connectivity index (χ0n) is 12.1. The molecule has 0 unspecified atom stereocenters. The zero-order chi connectivity index (χ0) is 14.7. The fraction of sp³-hybridized carbons (Fsp3) is 0.333. The number of halogens is 1. The molecule has 1 N–H and O–H groups in total. The van der Waals surface area contributed by atoms with E-state index in [1.165, 1.54) is 6.33 Å². The first-order valence-corrected chi connectivity index (χ1v) is 7.29. The number of aromatic nitrogens is 2. The minimum Gasteiger partial charge on any atom is -0.438 e. The topological polar surface area (TPSA) is 47.0 Å². The lowest BCUT2D eigenvalue weighted by atomic mass is 10.1. The van der Waals surface area contributed by atoms with Gasteiger partial charge in [-0.05, 0) is 30.5 Å². The van der Waals surface area contributed by atoms with Crippen LogP contribution in [0.5, 0.6) is 11.6 Å². The number of anilines is 1. The predicted molar refractivity (Wildman–Crippen MR) is 84.6 cm³/mol. The van der Waals surface area contributed by atoms with Gasteiger partial charge >= 0.3 is 0 Å². The summed E-state index contributed by atoms with van der Waals surface area (Å²) in [5, 5.41) is 3.09. The van der Waals surface area contributed by atoms with Gasteiger partial charge in [-0.3, -0.25) is 0 Å². The van der Waals surface area contributed by atoms with Crippen molar-refractivity contribution in [1.29, 1.82) is 0 Å². The molecule has 0 radical (unpaired) electrons. The van der Waals surface area contributed by atoms with Crippen molar-refractivity contribution >= 4 is 21.7 Å². The third-order valence-corrected chi connectivity index (χ3v) is 3.51. The Morgan fingerprint density at radius 1 is 1.25 bits per heavy atom. The van der Waals surface area contributed by atoms with Crippen molar-refractivity contribution in [3.8, 4) is 11.6 Å². The van der Waals surface area contributed by atoms with Crippen LogP contribution < -0.4 is 10.1 Å². The van der Waals surface area contributed by atoms with E-state index in [0.717, 1.165) is 27.2 Å². The molecule has 20 heavy (non-hydrogen) atoms. The van der Waals surface area contributed by atoms with Crippen LogP contribution in [0.2, 0.25) is 0 Å². The van der Waals surface area contributed by atoms with Crippen LogP contribution in [0, 0.1) is 6.92 Å². The number of nitrogens with one attached hydrogen (secondary N) is 1. The Labute approximate surface area is 127 Å². The third kappa shape index (κ3) is 3.10. The van der Waals surface area contributed by atoms with Crippen molar-refractivity contribution < 1.29 is 4.74 Å². The molecule has 0 spiro atoms. The fourth-order valence-electron chi connectivity index (χ4n) is 1.97. The van der Waals surface area contributed by atoms with E-state index in [1.807, 2.05) is 32.2 Å². The average molecular weight is 336 g/mol. The molecular weight excluding hydrogens is 318 g/mol. The maximum atomic E-state index is 6.00. The van der Waals surface area contributed by atoms with E-state index in [4.69, 9.17) is 4.74 Å². The van der Waals surface area contributed by atoms with Gasteiger partial charge in [-0.25, -0.2) is 9.97 Å². The van der Waals surface area contributed by atoms with E-state index in [2.05, 4.69) is 45.1 Å². The quantitative estimate of drug-likeness (QED) is 0.893. The van der Waals surface area contributed by atoms with Gasteiger partial charge in [0.15, 0.2) is 0 Å². The maximum Gasteiger partial charge on any atom is 0.227 e. The first-order valence-electron chi connectivity index (χ1n) is 6.49. The second-order valence-electron chi connectivity index (χ2n) is 4.86. The molecule has 4 nitrogen and oxygen atoms in total. The zero-order valence-corrected chi connectivity index (χ0v) is 13.7. The van der Waals surface area contributed by atoms with Gasteiger partial charge in [0.05, 0.1) is 5.56 Å². The summed E-state index contributed by atoms with van der Waals surface area (Å²) in [7, 11) is 1.85. The van der Waals surface area contributed by atoms with Crippen LogP contribution in [-0.2, 0) is 0 Å². The summed E-state index contributed by atoms with van der Waals surface area (Å²) in [4.78, 5) is 8.54. The van der Waals surface area contributed by atoms with Crippen molar-refractivity contribution in [2.45, 2.75) is 26.7 Å². The Morgan fingerprint density at radius 2 is 2.00 bits per heavy atom. The molecule has 106 valence electrons. The molecule has 2 aromatic rings. The molecule has 0 saturated carbocycles. The summed E-state index contributed by atoms with van der Waals surface area (Å²) < 4.78 is 6.98. The molecule has 0 aliphatic heterocycles. The lowest BCUT2D eigenvalue weighted by Gasteiger charge is -2.16. The molecule has 0 amide bonds. The normalized spacial score (nSPS) is 10.7. The highest BCUT2D eigenvalue weighted by Crippen LogP contribution is 2.34. The number of hydrogen-bond donors (Lipinski definition) is 1. The molecule has 0 aliphatic rings. The molecule has 5 heteroatoms. The maximum absolute atomic E-state index is 6.00. The van der Waals surface area contributed by atoms with Crippen LogP contribution in [0.4, 0.5) is 5.82 Å². The highest BCUT2D eigenvalue weighted by molar-refractivity contribution is 9.10. The Hall–Kier alpha value is -1.62. The molecule has 1 aromatic heterocycles. The van der Waals surface area contributed by atoms with Gasteiger partial charge in [-0.15, -0.1) is 0 Å². The molecule has 0 fully saturated rings. The van der Waals surface area contributed by atoms with Gasteiger partial charge in [0, 0.05) is 11.5 Å². The van der Waals surface area contributed by atoms with E-state index in [1.54, 1.807) is 0 Å². The fourth-order valence-corrected chi connectivity index (χ4v) is 2.31. The van der Waals surface area contributed by atoms with E-state index >= 15 is 0 Å². The smallest absolute Gasteiger partial charge is 0.227 e. The summed E-state index contributed by atoms with van der Waals surface area (Å²) in [6, 6.07) is 5.94. The SMILES string of the molecule is CNc1ncnc(Oc2cc(Br)ccc2C)c1C(C)C. The standard InChI is InChI=1S/C15H18BrN3O/c1-9(2)13-14(17-4)18-8-19-15(13)20-12-7-11(16)6-5-10(12)3/h5-9H,1-4H3,(H,17,18,19). The average Bonchev–Trinajstić information content (AvgIpc) is 2.42.